The van der Waals surface area contributed by atoms with Gasteiger partial charge in [0.2, 0.25) is 0 Å². The van der Waals surface area contributed by atoms with E-state index in [1.54, 1.807) is 11.3 Å². The maximum atomic E-state index is 13.0. The van der Waals surface area contributed by atoms with Crippen LogP contribution in [-0.2, 0) is 17.4 Å². The molecule has 0 aliphatic carbocycles. The first-order chi connectivity index (χ1) is 13.5. The van der Waals surface area contributed by atoms with Gasteiger partial charge in [-0.25, -0.2) is 0 Å². The van der Waals surface area contributed by atoms with E-state index in [0.717, 1.165) is 11.1 Å². The van der Waals surface area contributed by atoms with E-state index in [1.165, 1.54) is 16.0 Å². The fraction of sp³-hybridized carbons (Fsp3) is 0.360. The lowest BCUT2D eigenvalue weighted by Crippen LogP contribution is -2.25. The molecule has 152 valence electrons. The van der Waals surface area contributed by atoms with Crippen molar-refractivity contribution in [3.05, 3.63) is 76.4 Å². The van der Waals surface area contributed by atoms with Crippen LogP contribution in [0, 0.1) is 0 Å². The number of pyridine rings is 1. The zero-order valence-electron chi connectivity index (χ0n) is 18.2. The van der Waals surface area contributed by atoms with Crippen LogP contribution in [0.3, 0.4) is 0 Å². The van der Waals surface area contributed by atoms with Gasteiger partial charge in [0.15, 0.2) is 0 Å². The summed E-state index contributed by atoms with van der Waals surface area (Å²) in [7, 11) is 0. The van der Waals surface area contributed by atoms with E-state index < -0.39 is 0 Å². The van der Waals surface area contributed by atoms with Crippen molar-refractivity contribution in [2.24, 2.45) is 0 Å². The van der Waals surface area contributed by atoms with E-state index in [4.69, 9.17) is 0 Å². The number of carbonyl (C=O) groups excluding carboxylic acids is 1. The highest BCUT2D eigenvalue weighted by atomic mass is 32.1. The molecule has 1 aromatic carbocycles. The normalized spacial score (nSPS) is 12.1. The van der Waals surface area contributed by atoms with Crippen LogP contribution in [0.5, 0.6) is 0 Å². The van der Waals surface area contributed by atoms with E-state index in [1.807, 2.05) is 30.6 Å². The fourth-order valence-electron chi connectivity index (χ4n) is 3.07. The number of nitrogens with zero attached hydrogens (tertiary/aromatic N) is 1. The summed E-state index contributed by atoms with van der Waals surface area (Å²) in [6.45, 7) is 13.5. The van der Waals surface area contributed by atoms with Crippen molar-refractivity contribution in [3.8, 4) is 10.4 Å². The molecule has 29 heavy (non-hydrogen) atoms. The number of amides is 1. The van der Waals surface area contributed by atoms with E-state index in [9.17, 15) is 4.79 Å². The highest BCUT2D eigenvalue weighted by molar-refractivity contribution is 7.13. The first-order valence-corrected chi connectivity index (χ1v) is 10.8. The molecule has 1 amide bonds. The molecule has 0 atom stereocenters. The molecule has 3 aromatic rings. The number of nitrogens with one attached hydrogen (secondary N) is 1. The van der Waals surface area contributed by atoms with Gasteiger partial charge >= 0.3 is 0 Å². The van der Waals surface area contributed by atoms with Crippen LogP contribution in [0.2, 0.25) is 0 Å². The highest BCUT2D eigenvalue weighted by Gasteiger charge is 2.22. The fourth-order valence-corrected chi connectivity index (χ4v) is 3.78. The number of rotatable bonds is 4. The molecule has 0 aliphatic rings. The van der Waals surface area contributed by atoms with Gasteiger partial charge in [-0.3, -0.25) is 9.78 Å². The van der Waals surface area contributed by atoms with Gasteiger partial charge in [-0.1, -0.05) is 53.7 Å². The minimum absolute atomic E-state index is 0.0186. The van der Waals surface area contributed by atoms with Crippen LogP contribution in [0.15, 0.2) is 54.2 Å². The predicted molar refractivity (Wildman–Crippen MR) is 123 cm³/mol. The van der Waals surface area contributed by atoms with E-state index in [0.29, 0.717) is 12.1 Å². The summed E-state index contributed by atoms with van der Waals surface area (Å²) < 4.78 is 0. The van der Waals surface area contributed by atoms with Crippen molar-refractivity contribution >= 4 is 17.2 Å². The van der Waals surface area contributed by atoms with Crippen LogP contribution >= 0.6 is 11.3 Å². The largest absolute Gasteiger partial charge is 0.348 e. The van der Waals surface area contributed by atoms with Gasteiger partial charge in [0.1, 0.15) is 0 Å². The minimum Gasteiger partial charge on any atom is -0.348 e. The van der Waals surface area contributed by atoms with Crippen LogP contribution in [0.4, 0.5) is 0 Å². The highest BCUT2D eigenvalue weighted by Crippen LogP contribution is 2.30. The molecular weight excluding hydrogens is 376 g/mol. The quantitative estimate of drug-likeness (QED) is 0.550. The van der Waals surface area contributed by atoms with Crippen LogP contribution in [-0.4, -0.2) is 10.9 Å². The maximum Gasteiger partial charge on any atom is 0.251 e. The second-order valence-electron chi connectivity index (χ2n) is 9.54. The molecule has 1 N–H and O–H groups in total. The van der Waals surface area contributed by atoms with Gasteiger partial charge in [0.05, 0.1) is 0 Å². The van der Waals surface area contributed by atoms with Crippen molar-refractivity contribution < 1.29 is 4.79 Å². The van der Waals surface area contributed by atoms with Crippen molar-refractivity contribution in [2.45, 2.75) is 58.9 Å². The zero-order valence-corrected chi connectivity index (χ0v) is 19.0. The van der Waals surface area contributed by atoms with Crippen LogP contribution in [0.1, 0.15) is 68.6 Å². The number of benzene rings is 1. The Bertz CT molecular complexity index is 960. The Kier molecular flexibility index (Phi) is 5.95. The standard InChI is InChI=1S/C25H30N2OS/c1-24(2,3)20-11-18(12-21(13-20)25(4,5)6)23(28)27-15-17-10-19(16-26-14-17)22-8-7-9-29-22/h7-14,16H,15H2,1-6H3,(H,27,28). The Morgan fingerprint density at radius 3 is 2.17 bits per heavy atom. The summed E-state index contributed by atoms with van der Waals surface area (Å²) >= 11 is 1.69. The Labute approximate surface area is 178 Å². The monoisotopic (exact) mass is 406 g/mol. The summed E-state index contributed by atoms with van der Waals surface area (Å²) in [4.78, 5) is 18.5. The van der Waals surface area contributed by atoms with Crippen LogP contribution in [0.25, 0.3) is 10.4 Å². The summed E-state index contributed by atoms with van der Waals surface area (Å²) in [5.41, 5.74) is 5.10. The molecule has 0 spiro atoms. The maximum absolute atomic E-state index is 13.0. The molecule has 2 aromatic heterocycles. The van der Waals surface area contributed by atoms with Gasteiger partial charge in [-0.2, -0.15) is 0 Å². The lowest BCUT2D eigenvalue weighted by Gasteiger charge is -2.26. The Hall–Kier alpha value is -2.46. The van der Waals surface area contributed by atoms with Gasteiger partial charge in [-0.05, 0) is 57.2 Å². The van der Waals surface area contributed by atoms with E-state index in [2.05, 4.69) is 75.4 Å². The first kappa shape index (κ1) is 21.3. The average Bonchev–Trinajstić information content (AvgIpc) is 3.19. The minimum atomic E-state index is -0.0527. The molecule has 3 rings (SSSR count). The summed E-state index contributed by atoms with van der Waals surface area (Å²) in [6.07, 6.45) is 3.67. The number of aromatic nitrogens is 1. The van der Waals surface area contributed by atoms with Gasteiger partial charge in [0.25, 0.3) is 5.91 Å². The Morgan fingerprint density at radius 1 is 0.966 bits per heavy atom. The molecule has 0 bridgehead atoms. The average molecular weight is 407 g/mol. The molecule has 4 heteroatoms. The third kappa shape index (κ3) is 5.33. The van der Waals surface area contributed by atoms with Crippen molar-refractivity contribution in [1.29, 1.82) is 0 Å². The third-order valence-electron chi connectivity index (χ3n) is 4.98. The Morgan fingerprint density at radius 2 is 1.62 bits per heavy atom. The van der Waals surface area contributed by atoms with Crippen molar-refractivity contribution in [1.82, 2.24) is 10.3 Å². The molecule has 0 fully saturated rings. The van der Waals surface area contributed by atoms with Crippen molar-refractivity contribution in [3.63, 3.8) is 0 Å². The number of thiophene rings is 1. The second kappa shape index (κ2) is 8.11. The van der Waals surface area contributed by atoms with Gasteiger partial charge in [-0.15, -0.1) is 11.3 Å². The first-order valence-electron chi connectivity index (χ1n) is 9.96. The van der Waals surface area contributed by atoms with E-state index in [-0.39, 0.29) is 16.7 Å². The smallest absolute Gasteiger partial charge is 0.251 e. The number of hydrogen-bond acceptors (Lipinski definition) is 3. The Balaban J connectivity index is 1.81. The molecule has 2 heterocycles. The molecular formula is C25H30N2OS. The van der Waals surface area contributed by atoms with E-state index >= 15 is 0 Å². The third-order valence-corrected chi connectivity index (χ3v) is 5.90. The van der Waals surface area contributed by atoms with Gasteiger partial charge < -0.3 is 5.32 Å². The molecule has 0 unspecified atom stereocenters. The molecule has 0 saturated heterocycles. The lowest BCUT2D eigenvalue weighted by atomic mass is 9.79. The van der Waals surface area contributed by atoms with Gasteiger partial charge in [0, 0.05) is 34.9 Å². The second-order valence-corrected chi connectivity index (χ2v) is 10.5. The molecule has 0 aliphatic heterocycles. The van der Waals surface area contributed by atoms with Crippen molar-refractivity contribution in [2.75, 3.05) is 0 Å². The predicted octanol–water partition coefficient (Wildman–Crippen LogP) is 6.34. The lowest BCUT2D eigenvalue weighted by molar-refractivity contribution is 0.0950. The zero-order chi connectivity index (χ0) is 21.2. The number of hydrogen-bond donors (Lipinski definition) is 1. The summed E-state index contributed by atoms with van der Waals surface area (Å²) in [5, 5.41) is 5.12. The summed E-state index contributed by atoms with van der Waals surface area (Å²) in [5.74, 6) is -0.0527. The molecule has 0 saturated carbocycles. The topological polar surface area (TPSA) is 42.0 Å². The summed E-state index contributed by atoms with van der Waals surface area (Å²) in [6, 6.07) is 12.5. The molecule has 3 nitrogen and oxygen atoms in total. The number of carbonyl (C=O) groups is 1. The molecule has 0 radical (unpaired) electrons. The SMILES string of the molecule is CC(C)(C)c1cc(C(=O)NCc2cncc(-c3cccs3)c2)cc(C(C)(C)C)c1. The van der Waals surface area contributed by atoms with Crippen LogP contribution < -0.4 is 5.32 Å².